The summed E-state index contributed by atoms with van der Waals surface area (Å²) in [5.74, 6) is 0. The normalized spacial score (nSPS) is 12.0. The van der Waals surface area contributed by atoms with Crippen LogP contribution in [0.4, 0.5) is 0 Å². The first-order chi connectivity index (χ1) is 8.18. The molecule has 0 saturated heterocycles. The van der Waals surface area contributed by atoms with Crippen molar-refractivity contribution >= 4 is 0 Å². The minimum Gasteiger partial charge on any atom is -0.677 e. The van der Waals surface area contributed by atoms with Gasteiger partial charge in [-0.15, -0.1) is 0 Å². The fourth-order valence-corrected chi connectivity index (χ4v) is 1.79. The zero-order valence-corrected chi connectivity index (χ0v) is 15.1. The number of rotatable bonds is 10. The molecule has 0 rings (SSSR count). The van der Waals surface area contributed by atoms with E-state index in [2.05, 4.69) is 46.9 Å². The zero-order chi connectivity index (χ0) is 14.2. The first kappa shape index (κ1) is 25.4. The largest absolute Gasteiger partial charge is 0.677 e. The van der Waals surface area contributed by atoms with Crippen molar-refractivity contribution in [2.45, 2.75) is 67.9 Å². The molecular weight excluding hydrogens is 287 g/mol. The summed E-state index contributed by atoms with van der Waals surface area (Å²) in [6, 6.07) is 0.553. The SMILES string of the molecule is C.CC(C)NCCC(C)(C)COCC(C)(C)CC[NH-].[V]. The summed E-state index contributed by atoms with van der Waals surface area (Å²) < 4.78 is 5.86. The maximum atomic E-state index is 7.28. The molecule has 0 spiro atoms. The Hall–Kier alpha value is 0.464. The van der Waals surface area contributed by atoms with Gasteiger partial charge in [0.1, 0.15) is 0 Å². The van der Waals surface area contributed by atoms with Gasteiger partial charge in [-0.2, -0.15) is 6.54 Å². The van der Waals surface area contributed by atoms with E-state index in [1.165, 1.54) is 0 Å². The van der Waals surface area contributed by atoms with Gasteiger partial charge < -0.3 is 15.8 Å². The number of hydrogen-bond acceptors (Lipinski definition) is 2. The molecular formula is C16H37N2OV-. The van der Waals surface area contributed by atoms with Crippen molar-refractivity contribution < 1.29 is 23.3 Å². The molecule has 0 aromatic rings. The van der Waals surface area contributed by atoms with E-state index in [9.17, 15) is 0 Å². The summed E-state index contributed by atoms with van der Waals surface area (Å²) >= 11 is 0. The van der Waals surface area contributed by atoms with Crippen LogP contribution < -0.4 is 5.32 Å². The van der Waals surface area contributed by atoms with Crippen molar-refractivity contribution in [2.24, 2.45) is 10.8 Å². The molecule has 4 heteroatoms. The third kappa shape index (κ3) is 14.9. The minimum atomic E-state index is 0. The van der Waals surface area contributed by atoms with Crippen molar-refractivity contribution in [1.29, 1.82) is 0 Å². The fourth-order valence-electron chi connectivity index (χ4n) is 1.79. The summed E-state index contributed by atoms with van der Waals surface area (Å²) in [5, 5.41) is 3.45. The van der Waals surface area contributed by atoms with Crippen LogP contribution in [0, 0.1) is 10.8 Å². The molecule has 0 bridgehead atoms. The molecule has 0 aliphatic carbocycles. The van der Waals surface area contributed by atoms with Crippen molar-refractivity contribution in [3.63, 3.8) is 0 Å². The fraction of sp³-hybridized carbons (Fsp3) is 1.00. The molecule has 0 unspecified atom stereocenters. The molecule has 0 fully saturated rings. The molecule has 3 nitrogen and oxygen atoms in total. The Morgan fingerprint density at radius 1 is 1.00 bits per heavy atom. The van der Waals surface area contributed by atoms with Gasteiger partial charge in [-0.3, -0.25) is 0 Å². The zero-order valence-electron chi connectivity index (χ0n) is 13.7. The topological polar surface area (TPSA) is 45.1 Å². The van der Waals surface area contributed by atoms with E-state index in [1.807, 2.05) is 0 Å². The molecule has 0 aliphatic heterocycles. The minimum absolute atomic E-state index is 0. The van der Waals surface area contributed by atoms with Crippen LogP contribution in [0.15, 0.2) is 0 Å². The van der Waals surface area contributed by atoms with Gasteiger partial charge in [-0.1, -0.05) is 55.4 Å². The third-order valence-electron chi connectivity index (χ3n) is 3.14. The average molecular weight is 324 g/mol. The Balaban J connectivity index is -0.00000144. The number of hydrogen-bond donors (Lipinski definition) is 1. The third-order valence-corrected chi connectivity index (χ3v) is 3.14. The smallest absolute Gasteiger partial charge is 0.0517 e. The molecule has 0 atom stereocenters. The van der Waals surface area contributed by atoms with Gasteiger partial charge in [-0.05, 0) is 23.8 Å². The summed E-state index contributed by atoms with van der Waals surface area (Å²) in [7, 11) is 0. The summed E-state index contributed by atoms with van der Waals surface area (Å²) in [6.45, 7) is 16.3. The molecule has 0 amide bonds. The quantitative estimate of drug-likeness (QED) is 0.642. The van der Waals surface area contributed by atoms with Crippen molar-refractivity contribution in [1.82, 2.24) is 5.32 Å². The van der Waals surface area contributed by atoms with Crippen LogP contribution in [0.2, 0.25) is 0 Å². The molecule has 20 heavy (non-hydrogen) atoms. The maximum absolute atomic E-state index is 7.28. The Morgan fingerprint density at radius 3 is 1.85 bits per heavy atom. The van der Waals surface area contributed by atoms with Crippen LogP contribution in [-0.4, -0.2) is 32.3 Å². The van der Waals surface area contributed by atoms with E-state index in [0.717, 1.165) is 32.6 Å². The molecule has 0 aromatic carbocycles. The molecule has 0 saturated carbocycles. The monoisotopic (exact) mass is 324 g/mol. The Kier molecular flexibility index (Phi) is 15.3. The van der Waals surface area contributed by atoms with Crippen LogP contribution in [-0.2, 0) is 23.3 Å². The predicted octanol–water partition coefficient (Wildman–Crippen LogP) is 4.52. The summed E-state index contributed by atoms with van der Waals surface area (Å²) in [6.07, 6.45) is 2.03. The van der Waals surface area contributed by atoms with Crippen LogP contribution in [0.5, 0.6) is 0 Å². The second-order valence-corrected chi connectivity index (χ2v) is 7.18. The van der Waals surface area contributed by atoms with Crippen molar-refractivity contribution in [3.05, 3.63) is 5.73 Å². The first-order valence-electron chi connectivity index (χ1n) is 7.14. The van der Waals surface area contributed by atoms with Crippen molar-refractivity contribution in [3.8, 4) is 0 Å². The first-order valence-corrected chi connectivity index (χ1v) is 7.14. The van der Waals surface area contributed by atoms with E-state index in [4.69, 9.17) is 10.5 Å². The van der Waals surface area contributed by atoms with Gasteiger partial charge in [-0.25, -0.2) is 0 Å². The summed E-state index contributed by atoms with van der Waals surface area (Å²) in [4.78, 5) is 0. The average Bonchev–Trinajstić information content (AvgIpc) is 2.15. The van der Waals surface area contributed by atoms with Gasteiger partial charge >= 0.3 is 0 Å². The standard InChI is InChI=1S/C15H33N2O.CH4.V/c1-13(2)17-10-8-15(5,6)12-18-11-14(3,4)7-9-16;;/h13,16-17H,7-12H2,1-6H3;1H4;/q-1;;. The second-order valence-electron chi connectivity index (χ2n) is 7.18. The molecule has 0 aliphatic rings. The molecule has 0 aromatic heterocycles. The van der Waals surface area contributed by atoms with Gasteiger partial charge in [0.2, 0.25) is 0 Å². The second kappa shape index (κ2) is 12.1. The molecule has 0 heterocycles. The van der Waals surface area contributed by atoms with Crippen molar-refractivity contribution in [2.75, 3.05) is 26.3 Å². The Bertz CT molecular complexity index is 219. The molecule has 2 N–H and O–H groups in total. The van der Waals surface area contributed by atoms with E-state index in [-0.39, 0.29) is 36.8 Å². The molecule has 1 radical (unpaired) electrons. The van der Waals surface area contributed by atoms with E-state index < -0.39 is 0 Å². The summed E-state index contributed by atoms with van der Waals surface area (Å²) in [5.41, 5.74) is 7.64. The van der Waals surface area contributed by atoms with Crippen LogP contribution in [0.25, 0.3) is 5.73 Å². The Labute approximate surface area is 139 Å². The van der Waals surface area contributed by atoms with Gasteiger partial charge in [0.05, 0.1) is 13.2 Å². The van der Waals surface area contributed by atoms with Gasteiger partial charge in [0.15, 0.2) is 0 Å². The van der Waals surface area contributed by atoms with Crippen LogP contribution >= 0.6 is 0 Å². The van der Waals surface area contributed by atoms with E-state index in [1.54, 1.807) is 0 Å². The van der Waals surface area contributed by atoms with Gasteiger partial charge in [0.25, 0.3) is 0 Å². The maximum Gasteiger partial charge on any atom is 0.0517 e. The van der Waals surface area contributed by atoms with Crippen LogP contribution in [0.1, 0.15) is 61.8 Å². The Morgan fingerprint density at radius 2 is 1.45 bits per heavy atom. The van der Waals surface area contributed by atoms with Gasteiger partial charge in [0, 0.05) is 24.6 Å². The molecule has 123 valence electrons. The predicted molar refractivity (Wildman–Crippen MR) is 86.7 cm³/mol. The number of nitrogens with one attached hydrogen (secondary N) is 2. The van der Waals surface area contributed by atoms with Crippen LogP contribution in [0.3, 0.4) is 0 Å². The van der Waals surface area contributed by atoms with E-state index in [0.29, 0.717) is 12.6 Å². The van der Waals surface area contributed by atoms with E-state index >= 15 is 0 Å². The number of ether oxygens (including phenoxy) is 1.